The van der Waals surface area contributed by atoms with Crippen molar-refractivity contribution < 1.29 is 4.79 Å². The number of anilines is 1. The van der Waals surface area contributed by atoms with Crippen molar-refractivity contribution in [3.63, 3.8) is 0 Å². The maximum Gasteiger partial charge on any atom is 0.236 e. The van der Waals surface area contributed by atoms with Gasteiger partial charge in [0.15, 0.2) is 11.0 Å². The van der Waals surface area contributed by atoms with Gasteiger partial charge in [0.1, 0.15) is 5.82 Å². The third-order valence-electron chi connectivity index (χ3n) is 3.27. The van der Waals surface area contributed by atoms with Crippen LogP contribution in [0.15, 0.2) is 47.8 Å². The number of rotatable bonds is 5. The largest absolute Gasteiger partial charge is 0.310 e. The van der Waals surface area contributed by atoms with Gasteiger partial charge in [-0.05, 0) is 30.3 Å². The van der Waals surface area contributed by atoms with Gasteiger partial charge in [0.2, 0.25) is 5.91 Å². The molecule has 1 amide bonds. The van der Waals surface area contributed by atoms with Gasteiger partial charge in [-0.15, -0.1) is 10.2 Å². The summed E-state index contributed by atoms with van der Waals surface area (Å²) in [7, 11) is 1.82. The minimum absolute atomic E-state index is 0.169. The molecule has 0 aliphatic heterocycles. The molecule has 128 valence electrons. The fourth-order valence-electron chi connectivity index (χ4n) is 2.09. The number of halogens is 2. The minimum Gasteiger partial charge on any atom is -0.310 e. The fourth-order valence-corrected chi connectivity index (χ4v) is 3.30. The van der Waals surface area contributed by atoms with Crippen LogP contribution in [0.25, 0.3) is 11.4 Å². The summed E-state index contributed by atoms with van der Waals surface area (Å²) in [6.45, 7) is 0. The van der Waals surface area contributed by atoms with E-state index in [1.54, 1.807) is 47.2 Å². The summed E-state index contributed by atoms with van der Waals surface area (Å²) < 4.78 is 1.79. The van der Waals surface area contributed by atoms with Crippen molar-refractivity contribution in [2.24, 2.45) is 7.05 Å². The zero-order valence-electron chi connectivity index (χ0n) is 13.1. The Hall–Kier alpha value is -2.09. The van der Waals surface area contributed by atoms with Gasteiger partial charge in [0.25, 0.3) is 0 Å². The van der Waals surface area contributed by atoms with Crippen molar-refractivity contribution in [2.45, 2.75) is 5.16 Å². The summed E-state index contributed by atoms with van der Waals surface area (Å²) in [6.07, 6.45) is 1.62. The number of benzene rings is 1. The number of carbonyl (C=O) groups is 1. The molecule has 1 N–H and O–H groups in total. The first-order valence-electron chi connectivity index (χ1n) is 7.23. The van der Waals surface area contributed by atoms with Crippen LogP contribution in [0.5, 0.6) is 0 Å². The molecule has 3 aromatic rings. The van der Waals surface area contributed by atoms with E-state index in [0.717, 1.165) is 5.56 Å². The van der Waals surface area contributed by atoms with Crippen LogP contribution >= 0.6 is 35.0 Å². The smallest absolute Gasteiger partial charge is 0.236 e. The molecular formula is C16H13Cl2N5OS. The number of pyridine rings is 1. The van der Waals surface area contributed by atoms with E-state index in [1.807, 2.05) is 7.05 Å². The first kappa shape index (κ1) is 17.7. The molecule has 0 fully saturated rings. The molecule has 0 aliphatic rings. The topological polar surface area (TPSA) is 72.7 Å². The highest BCUT2D eigenvalue weighted by molar-refractivity contribution is 7.99. The zero-order chi connectivity index (χ0) is 17.8. The molecule has 0 bridgehead atoms. The summed E-state index contributed by atoms with van der Waals surface area (Å²) in [5.41, 5.74) is 0.728. The predicted molar refractivity (Wildman–Crippen MR) is 100 cm³/mol. The lowest BCUT2D eigenvalue weighted by Crippen LogP contribution is -2.15. The van der Waals surface area contributed by atoms with E-state index < -0.39 is 0 Å². The number of nitrogens with one attached hydrogen (secondary N) is 1. The van der Waals surface area contributed by atoms with E-state index in [9.17, 15) is 4.79 Å². The molecule has 2 heterocycles. The average Bonchev–Trinajstić information content (AvgIpc) is 2.95. The fraction of sp³-hybridized carbons (Fsp3) is 0.125. The van der Waals surface area contributed by atoms with E-state index >= 15 is 0 Å². The quantitative estimate of drug-likeness (QED) is 0.665. The summed E-state index contributed by atoms with van der Waals surface area (Å²) in [5, 5.41) is 12.7. The Labute approximate surface area is 158 Å². The van der Waals surface area contributed by atoms with E-state index in [-0.39, 0.29) is 11.7 Å². The molecule has 25 heavy (non-hydrogen) atoms. The van der Waals surface area contributed by atoms with Crippen LogP contribution in [-0.2, 0) is 11.8 Å². The van der Waals surface area contributed by atoms with Gasteiger partial charge < -0.3 is 9.88 Å². The standard InChI is InChI=1S/C16H13Cl2N5OS/c1-23-15(11-6-5-10(17)8-12(11)18)21-22-16(23)25-9-14(24)20-13-4-2-3-7-19-13/h2-8H,9H2,1H3,(H,19,20,24). The van der Waals surface area contributed by atoms with Crippen molar-refractivity contribution in [1.29, 1.82) is 0 Å². The maximum atomic E-state index is 12.0. The third-order valence-corrected chi connectivity index (χ3v) is 4.84. The Morgan fingerprint density at radius 3 is 2.80 bits per heavy atom. The minimum atomic E-state index is -0.169. The molecule has 0 radical (unpaired) electrons. The molecule has 6 nitrogen and oxygen atoms in total. The van der Waals surface area contributed by atoms with Crippen LogP contribution in [0.2, 0.25) is 10.0 Å². The van der Waals surface area contributed by atoms with Crippen molar-refractivity contribution in [2.75, 3.05) is 11.1 Å². The van der Waals surface area contributed by atoms with Gasteiger partial charge in [0, 0.05) is 23.8 Å². The van der Waals surface area contributed by atoms with Crippen molar-refractivity contribution in [1.82, 2.24) is 19.7 Å². The Bertz CT molecular complexity index is 901. The molecule has 3 rings (SSSR count). The zero-order valence-corrected chi connectivity index (χ0v) is 15.4. The van der Waals surface area contributed by atoms with Gasteiger partial charge in [0.05, 0.1) is 10.8 Å². The Morgan fingerprint density at radius 2 is 2.08 bits per heavy atom. The molecule has 0 unspecified atom stereocenters. The van der Waals surface area contributed by atoms with Gasteiger partial charge in [-0.3, -0.25) is 4.79 Å². The molecule has 0 aliphatic carbocycles. The van der Waals surface area contributed by atoms with Crippen LogP contribution in [0.4, 0.5) is 5.82 Å². The lowest BCUT2D eigenvalue weighted by molar-refractivity contribution is -0.113. The van der Waals surface area contributed by atoms with Crippen LogP contribution in [0.1, 0.15) is 0 Å². The number of thioether (sulfide) groups is 1. The van der Waals surface area contributed by atoms with Crippen LogP contribution in [-0.4, -0.2) is 31.4 Å². The number of amides is 1. The normalized spacial score (nSPS) is 10.7. The molecule has 1 aromatic carbocycles. The second kappa shape index (κ2) is 7.86. The second-order valence-corrected chi connectivity index (χ2v) is 6.83. The molecule has 0 spiro atoms. The highest BCUT2D eigenvalue weighted by Gasteiger charge is 2.15. The monoisotopic (exact) mass is 393 g/mol. The van der Waals surface area contributed by atoms with E-state index in [1.165, 1.54) is 11.8 Å². The summed E-state index contributed by atoms with van der Waals surface area (Å²) >= 11 is 13.4. The highest BCUT2D eigenvalue weighted by atomic mass is 35.5. The number of carbonyl (C=O) groups excluding carboxylic acids is 1. The Balaban J connectivity index is 1.68. The summed E-state index contributed by atoms with van der Waals surface area (Å²) in [5.74, 6) is 1.14. The average molecular weight is 394 g/mol. The van der Waals surface area contributed by atoms with Crippen molar-refractivity contribution >= 4 is 46.7 Å². The number of nitrogens with zero attached hydrogens (tertiary/aromatic N) is 4. The van der Waals surface area contributed by atoms with Crippen LogP contribution in [0.3, 0.4) is 0 Å². The second-order valence-electron chi connectivity index (χ2n) is 5.04. The van der Waals surface area contributed by atoms with Crippen molar-refractivity contribution in [3.8, 4) is 11.4 Å². The first-order valence-corrected chi connectivity index (χ1v) is 8.97. The van der Waals surface area contributed by atoms with Crippen LogP contribution < -0.4 is 5.32 Å². The molecule has 0 saturated heterocycles. The van der Waals surface area contributed by atoms with Gasteiger partial charge in [-0.1, -0.05) is 41.0 Å². The third kappa shape index (κ3) is 4.31. The summed E-state index contributed by atoms with van der Waals surface area (Å²) in [6, 6.07) is 10.5. The Morgan fingerprint density at radius 1 is 1.24 bits per heavy atom. The van der Waals surface area contributed by atoms with Gasteiger partial charge >= 0.3 is 0 Å². The molecule has 0 saturated carbocycles. The molecule has 2 aromatic heterocycles. The SMILES string of the molecule is Cn1c(SCC(=O)Nc2ccccn2)nnc1-c1ccc(Cl)cc1Cl. The lowest BCUT2D eigenvalue weighted by atomic mass is 10.2. The van der Waals surface area contributed by atoms with Gasteiger partial charge in [-0.2, -0.15) is 0 Å². The number of aromatic nitrogens is 4. The van der Waals surface area contributed by atoms with Crippen LogP contribution in [0, 0.1) is 0 Å². The van der Waals surface area contributed by atoms with E-state index in [2.05, 4.69) is 20.5 Å². The predicted octanol–water partition coefficient (Wildman–Crippen LogP) is 3.91. The molecule has 9 heteroatoms. The van der Waals surface area contributed by atoms with E-state index in [0.29, 0.717) is 26.8 Å². The number of hydrogen-bond acceptors (Lipinski definition) is 5. The van der Waals surface area contributed by atoms with Crippen molar-refractivity contribution in [3.05, 3.63) is 52.6 Å². The van der Waals surface area contributed by atoms with Gasteiger partial charge in [-0.25, -0.2) is 4.98 Å². The maximum absolute atomic E-state index is 12.0. The lowest BCUT2D eigenvalue weighted by Gasteiger charge is -2.06. The summed E-state index contributed by atoms with van der Waals surface area (Å²) in [4.78, 5) is 16.1. The highest BCUT2D eigenvalue weighted by Crippen LogP contribution is 2.30. The molecular weight excluding hydrogens is 381 g/mol. The molecule has 0 atom stereocenters. The van der Waals surface area contributed by atoms with E-state index in [4.69, 9.17) is 23.2 Å². The Kier molecular flexibility index (Phi) is 5.57. The first-order chi connectivity index (χ1) is 12.0. The number of hydrogen-bond donors (Lipinski definition) is 1.